The van der Waals surface area contributed by atoms with Crippen molar-refractivity contribution in [2.45, 2.75) is 20.8 Å². The Hall–Kier alpha value is -1.32. The van der Waals surface area contributed by atoms with Crippen LogP contribution in [0.1, 0.15) is 29.9 Å². The lowest BCUT2D eigenvalue weighted by molar-refractivity contribution is 0.0948. The van der Waals surface area contributed by atoms with Gasteiger partial charge in [0.15, 0.2) is 0 Å². The van der Waals surface area contributed by atoms with Crippen LogP contribution in [0.25, 0.3) is 0 Å². The molecule has 0 atom stereocenters. The maximum Gasteiger partial charge on any atom is 0.254 e. The molecule has 0 unspecified atom stereocenters. The zero-order valence-electron chi connectivity index (χ0n) is 9.16. The minimum absolute atomic E-state index is 0.0377. The summed E-state index contributed by atoms with van der Waals surface area (Å²) in [5, 5.41) is 6.88. The van der Waals surface area contributed by atoms with Gasteiger partial charge in [0, 0.05) is 19.3 Å². The van der Waals surface area contributed by atoms with Crippen LogP contribution < -0.4 is 5.32 Å². The molecule has 1 N–H and O–H groups in total. The fraction of sp³-hybridized carbons (Fsp3) is 0.600. The maximum absolute atomic E-state index is 11.6. The second kappa shape index (κ2) is 4.26. The molecule has 1 amide bonds. The molecule has 0 fully saturated rings. The van der Waals surface area contributed by atoms with E-state index < -0.39 is 0 Å². The predicted octanol–water partition coefficient (Wildman–Crippen LogP) is 1.11. The van der Waals surface area contributed by atoms with Crippen LogP contribution in [0.4, 0.5) is 0 Å². The number of amides is 1. The number of aryl methyl sites for hydroxylation is 1. The van der Waals surface area contributed by atoms with Crippen molar-refractivity contribution in [2.75, 3.05) is 6.54 Å². The zero-order valence-corrected chi connectivity index (χ0v) is 9.16. The molecule has 0 aliphatic rings. The van der Waals surface area contributed by atoms with Gasteiger partial charge in [0.05, 0.1) is 11.8 Å². The fourth-order valence-electron chi connectivity index (χ4n) is 1.11. The second-order valence-electron chi connectivity index (χ2n) is 3.87. The molecule has 1 aromatic rings. The highest BCUT2D eigenvalue weighted by Crippen LogP contribution is 2.05. The fourth-order valence-corrected chi connectivity index (χ4v) is 1.11. The summed E-state index contributed by atoms with van der Waals surface area (Å²) in [5.41, 5.74) is 1.56. The number of carbonyl (C=O) groups is 1. The van der Waals surface area contributed by atoms with Gasteiger partial charge in [-0.15, -0.1) is 0 Å². The maximum atomic E-state index is 11.6. The van der Waals surface area contributed by atoms with Gasteiger partial charge in [-0.2, -0.15) is 5.10 Å². The van der Waals surface area contributed by atoms with Crippen LogP contribution >= 0.6 is 0 Å². The average molecular weight is 195 g/mol. The summed E-state index contributed by atoms with van der Waals surface area (Å²) >= 11 is 0. The SMILES string of the molecule is Cc1c(C(=O)NCC(C)C)cnn1C. The van der Waals surface area contributed by atoms with Crippen molar-refractivity contribution in [3.05, 3.63) is 17.5 Å². The monoisotopic (exact) mass is 195 g/mol. The van der Waals surface area contributed by atoms with E-state index in [1.807, 2.05) is 14.0 Å². The summed E-state index contributed by atoms with van der Waals surface area (Å²) < 4.78 is 1.70. The third-order valence-corrected chi connectivity index (χ3v) is 2.15. The molecule has 14 heavy (non-hydrogen) atoms. The Labute approximate surface area is 84.3 Å². The minimum atomic E-state index is -0.0377. The van der Waals surface area contributed by atoms with Crippen LogP contribution in [-0.4, -0.2) is 22.2 Å². The van der Waals surface area contributed by atoms with Gasteiger partial charge in [-0.3, -0.25) is 9.48 Å². The molecule has 1 aromatic heterocycles. The number of aromatic nitrogens is 2. The van der Waals surface area contributed by atoms with Crippen molar-refractivity contribution in [1.82, 2.24) is 15.1 Å². The molecule has 0 saturated carbocycles. The number of hydrogen-bond donors (Lipinski definition) is 1. The van der Waals surface area contributed by atoms with Gasteiger partial charge in [0.25, 0.3) is 5.91 Å². The second-order valence-corrected chi connectivity index (χ2v) is 3.87. The Balaban J connectivity index is 2.66. The summed E-state index contributed by atoms with van der Waals surface area (Å²) in [6.45, 7) is 6.72. The first kappa shape index (κ1) is 10.8. The van der Waals surface area contributed by atoms with E-state index in [1.54, 1.807) is 10.9 Å². The first-order chi connectivity index (χ1) is 6.52. The van der Waals surface area contributed by atoms with Crippen LogP contribution in [-0.2, 0) is 7.05 Å². The summed E-state index contributed by atoms with van der Waals surface area (Å²) in [7, 11) is 1.83. The highest BCUT2D eigenvalue weighted by molar-refractivity contribution is 5.94. The van der Waals surface area contributed by atoms with E-state index in [2.05, 4.69) is 24.3 Å². The van der Waals surface area contributed by atoms with Crippen molar-refractivity contribution in [1.29, 1.82) is 0 Å². The van der Waals surface area contributed by atoms with E-state index in [-0.39, 0.29) is 5.91 Å². The van der Waals surface area contributed by atoms with Gasteiger partial charge >= 0.3 is 0 Å². The number of carbonyl (C=O) groups excluding carboxylic acids is 1. The first-order valence-corrected chi connectivity index (χ1v) is 4.79. The van der Waals surface area contributed by atoms with Gasteiger partial charge in [-0.25, -0.2) is 0 Å². The van der Waals surface area contributed by atoms with Crippen molar-refractivity contribution >= 4 is 5.91 Å². The molecule has 0 aliphatic heterocycles. The molecule has 1 heterocycles. The number of rotatable bonds is 3. The van der Waals surface area contributed by atoms with Crippen molar-refractivity contribution in [3.63, 3.8) is 0 Å². The van der Waals surface area contributed by atoms with Crippen molar-refractivity contribution in [3.8, 4) is 0 Å². The highest BCUT2D eigenvalue weighted by atomic mass is 16.1. The third-order valence-electron chi connectivity index (χ3n) is 2.15. The quantitative estimate of drug-likeness (QED) is 0.785. The van der Waals surface area contributed by atoms with E-state index in [4.69, 9.17) is 0 Å². The Kier molecular flexibility index (Phi) is 3.28. The van der Waals surface area contributed by atoms with E-state index in [0.717, 1.165) is 5.69 Å². The molecule has 4 nitrogen and oxygen atoms in total. The normalized spacial score (nSPS) is 10.6. The molecule has 0 aliphatic carbocycles. The van der Waals surface area contributed by atoms with E-state index in [1.165, 1.54) is 0 Å². The lowest BCUT2D eigenvalue weighted by Gasteiger charge is -2.06. The summed E-state index contributed by atoms with van der Waals surface area (Å²) in [6.07, 6.45) is 1.60. The molecule has 4 heteroatoms. The smallest absolute Gasteiger partial charge is 0.254 e. The van der Waals surface area contributed by atoms with Gasteiger partial charge in [0.2, 0.25) is 0 Å². The average Bonchev–Trinajstić information content (AvgIpc) is 2.44. The molecule has 0 aromatic carbocycles. The molecule has 0 spiro atoms. The minimum Gasteiger partial charge on any atom is -0.352 e. The Bertz CT molecular complexity index is 328. The van der Waals surface area contributed by atoms with E-state index in [9.17, 15) is 4.79 Å². The zero-order chi connectivity index (χ0) is 10.7. The summed E-state index contributed by atoms with van der Waals surface area (Å²) in [6, 6.07) is 0. The summed E-state index contributed by atoms with van der Waals surface area (Å²) in [5.74, 6) is 0.431. The Morgan fingerprint density at radius 3 is 2.71 bits per heavy atom. The predicted molar refractivity (Wildman–Crippen MR) is 55.1 cm³/mol. The number of nitrogens with one attached hydrogen (secondary N) is 1. The van der Waals surface area contributed by atoms with E-state index >= 15 is 0 Å². The molecular formula is C10H17N3O. The topological polar surface area (TPSA) is 46.9 Å². The molecule has 1 rings (SSSR count). The van der Waals surface area contributed by atoms with Gasteiger partial charge < -0.3 is 5.32 Å². The molecular weight excluding hydrogens is 178 g/mol. The third kappa shape index (κ3) is 2.34. The van der Waals surface area contributed by atoms with Crippen molar-refractivity contribution < 1.29 is 4.79 Å². The highest BCUT2D eigenvalue weighted by Gasteiger charge is 2.12. The Morgan fingerprint density at radius 1 is 1.64 bits per heavy atom. The molecule has 0 bridgehead atoms. The lowest BCUT2D eigenvalue weighted by atomic mass is 10.2. The van der Waals surface area contributed by atoms with Crippen LogP contribution in [0.2, 0.25) is 0 Å². The first-order valence-electron chi connectivity index (χ1n) is 4.79. The largest absolute Gasteiger partial charge is 0.352 e. The van der Waals surface area contributed by atoms with Gasteiger partial charge in [0.1, 0.15) is 0 Å². The molecule has 0 saturated heterocycles. The standard InChI is InChI=1S/C10H17N3O/c1-7(2)5-11-10(14)9-6-12-13(4)8(9)3/h6-7H,5H2,1-4H3,(H,11,14). The van der Waals surface area contributed by atoms with E-state index in [0.29, 0.717) is 18.0 Å². The van der Waals surface area contributed by atoms with Crippen LogP contribution in [0.3, 0.4) is 0 Å². The summed E-state index contributed by atoms with van der Waals surface area (Å²) in [4.78, 5) is 11.6. The lowest BCUT2D eigenvalue weighted by Crippen LogP contribution is -2.27. The van der Waals surface area contributed by atoms with Crippen LogP contribution in [0.5, 0.6) is 0 Å². The Morgan fingerprint density at radius 2 is 2.29 bits per heavy atom. The molecule has 0 radical (unpaired) electrons. The van der Waals surface area contributed by atoms with Gasteiger partial charge in [-0.05, 0) is 12.8 Å². The molecule has 78 valence electrons. The van der Waals surface area contributed by atoms with Crippen LogP contribution in [0.15, 0.2) is 6.20 Å². The van der Waals surface area contributed by atoms with Crippen LogP contribution in [0, 0.1) is 12.8 Å². The number of hydrogen-bond acceptors (Lipinski definition) is 2. The number of nitrogens with zero attached hydrogens (tertiary/aromatic N) is 2. The van der Waals surface area contributed by atoms with Gasteiger partial charge in [-0.1, -0.05) is 13.8 Å². The van der Waals surface area contributed by atoms with Crippen molar-refractivity contribution in [2.24, 2.45) is 13.0 Å².